The maximum Gasteiger partial charge on any atom is 0.156 e. The second kappa shape index (κ2) is 5.60. The van der Waals surface area contributed by atoms with E-state index in [-0.39, 0.29) is 6.04 Å². The van der Waals surface area contributed by atoms with E-state index in [1.807, 2.05) is 39.8 Å². The quantitative estimate of drug-likeness (QED) is 0.877. The highest BCUT2D eigenvalue weighted by atomic mass is 16.5. The van der Waals surface area contributed by atoms with Crippen LogP contribution in [0.15, 0.2) is 12.1 Å². The van der Waals surface area contributed by atoms with Crippen LogP contribution in [0.1, 0.15) is 41.4 Å². The Kier molecular flexibility index (Phi) is 4.02. The number of anilines is 1. The van der Waals surface area contributed by atoms with Gasteiger partial charge in [0.05, 0.1) is 12.7 Å². The van der Waals surface area contributed by atoms with Crippen molar-refractivity contribution in [2.75, 3.05) is 12.8 Å². The van der Waals surface area contributed by atoms with Crippen LogP contribution in [0.4, 0.5) is 5.82 Å². The van der Waals surface area contributed by atoms with Crippen molar-refractivity contribution < 1.29 is 9.53 Å². The zero-order chi connectivity index (χ0) is 15.7. The fraction of sp³-hybridized carbons (Fsp3) is 0.375. The van der Waals surface area contributed by atoms with Crippen LogP contribution in [0.3, 0.4) is 0 Å². The second-order valence-electron chi connectivity index (χ2n) is 5.47. The summed E-state index contributed by atoms with van der Waals surface area (Å²) in [5.41, 5.74) is 9.91. The summed E-state index contributed by atoms with van der Waals surface area (Å²) in [5.74, 6) is 1.10. The predicted molar refractivity (Wildman–Crippen MR) is 83.9 cm³/mol. The maximum absolute atomic E-state index is 11.5. The molecule has 2 N–H and O–H groups in total. The first kappa shape index (κ1) is 15.1. The SMILES string of the molecule is COc1c(C)cc(C)cc1-c1nn(C(C)C)c(N)c1C=O. The highest BCUT2D eigenvalue weighted by Crippen LogP contribution is 2.37. The number of ether oxygens (including phenoxy) is 1. The summed E-state index contributed by atoms with van der Waals surface area (Å²) in [6, 6.07) is 4.08. The first-order valence-electron chi connectivity index (χ1n) is 6.89. The van der Waals surface area contributed by atoms with Crippen molar-refractivity contribution in [3.05, 3.63) is 28.8 Å². The van der Waals surface area contributed by atoms with Crippen LogP contribution in [0.25, 0.3) is 11.3 Å². The molecule has 0 spiro atoms. The topological polar surface area (TPSA) is 70.1 Å². The number of rotatable bonds is 4. The fourth-order valence-corrected chi connectivity index (χ4v) is 2.57. The molecular formula is C16H21N3O2. The van der Waals surface area contributed by atoms with E-state index in [4.69, 9.17) is 10.5 Å². The first-order chi connectivity index (χ1) is 9.90. The van der Waals surface area contributed by atoms with E-state index in [9.17, 15) is 4.79 Å². The molecule has 2 rings (SSSR count). The van der Waals surface area contributed by atoms with Gasteiger partial charge in [0.1, 0.15) is 17.3 Å². The zero-order valence-corrected chi connectivity index (χ0v) is 13.1. The number of nitrogen functional groups attached to an aromatic ring is 1. The highest BCUT2D eigenvalue weighted by Gasteiger charge is 2.21. The Morgan fingerprint density at radius 3 is 2.52 bits per heavy atom. The van der Waals surface area contributed by atoms with Crippen molar-refractivity contribution in [1.29, 1.82) is 0 Å². The summed E-state index contributed by atoms with van der Waals surface area (Å²) in [4.78, 5) is 11.5. The van der Waals surface area contributed by atoms with E-state index in [0.717, 1.165) is 28.7 Å². The number of carbonyl (C=O) groups excluding carboxylic acids is 1. The Balaban J connectivity index is 2.78. The van der Waals surface area contributed by atoms with Crippen molar-refractivity contribution in [3.8, 4) is 17.0 Å². The number of nitrogens with zero attached hydrogens (tertiary/aromatic N) is 2. The minimum atomic E-state index is 0.0781. The molecule has 0 radical (unpaired) electrons. The molecule has 5 heteroatoms. The molecule has 0 aliphatic carbocycles. The molecule has 0 amide bonds. The van der Waals surface area contributed by atoms with E-state index in [2.05, 4.69) is 5.10 Å². The van der Waals surface area contributed by atoms with Gasteiger partial charge in [-0.25, -0.2) is 4.68 Å². The number of benzene rings is 1. The van der Waals surface area contributed by atoms with Crippen LogP contribution in [0.2, 0.25) is 0 Å². The van der Waals surface area contributed by atoms with Gasteiger partial charge in [-0.05, 0) is 44.9 Å². The van der Waals surface area contributed by atoms with Crippen molar-refractivity contribution in [1.82, 2.24) is 9.78 Å². The predicted octanol–water partition coefficient (Wildman–Crippen LogP) is 3.15. The Morgan fingerprint density at radius 2 is 2.00 bits per heavy atom. The van der Waals surface area contributed by atoms with Crippen LogP contribution in [0, 0.1) is 13.8 Å². The van der Waals surface area contributed by atoms with Gasteiger partial charge in [-0.15, -0.1) is 0 Å². The molecule has 0 saturated heterocycles. The Hall–Kier alpha value is -2.30. The fourth-order valence-electron chi connectivity index (χ4n) is 2.57. The maximum atomic E-state index is 11.5. The standard InChI is InChI=1S/C16H21N3O2/c1-9(2)19-16(17)13(8-20)14(18-19)12-7-10(3)6-11(4)15(12)21-5/h6-9H,17H2,1-5H3. The lowest BCUT2D eigenvalue weighted by Gasteiger charge is -2.11. The Bertz CT molecular complexity index is 687. The first-order valence-corrected chi connectivity index (χ1v) is 6.89. The molecule has 112 valence electrons. The third-order valence-electron chi connectivity index (χ3n) is 3.47. The minimum Gasteiger partial charge on any atom is -0.496 e. The largest absolute Gasteiger partial charge is 0.496 e. The number of nitrogens with two attached hydrogens (primary N) is 1. The summed E-state index contributed by atoms with van der Waals surface area (Å²) < 4.78 is 7.15. The molecule has 0 saturated carbocycles. The molecule has 0 atom stereocenters. The van der Waals surface area contributed by atoms with Crippen molar-refractivity contribution in [2.45, 2.75) is 33.7 Å². The number of hydrogen-bond acceptors (Lipinski definition) is 4. The van der Waals surface area contributed by atoms with Gasteiger partial charge < -0.3 is 10.5 Å². The van der Waals surface area contributed by atoms with Gasteiger partial charge in [0.15, 0.2) is 6.29 Å². The summed E-state index contributed by atoms with van der Waals surface area (Å²) in [7, 11) is 1.62. The van der Waals surface area contributed by atoms with Crippen molar-refractivity contribution in [3.63, 3.8) is 0 Å². The lowest BCUT2D eigenvalue weighted by molar-refractivity contribution is 0.112. The molecule has 5 nitrogen and oxygen atoms in total. The third-order valence-corrected chi connectivity index (χ3v) is 3.47. The van der Waals surface area contributed by atoms with Gasteiger partial charge >= 0.3 is 0 Å². The van der Waals surface area contributed by atoms with Gasteiger partial charge in [-0.1, -0.05) is 6.07 Å². The highest BCUT2D eigenvalue weighted by molar-refractivity contribution is 5.93. The summed E-state index contributed by atoms with van der Waals surface area (Å²) in [6.07, 6.45) is 0.758. The average molecular weight is 287 g/mol. The molecule has 2 aromatic rings. The summed E-state index contributed by atoms with van der Waals surface area (Å²) in [5, 5.41) is 4.52. The molecule has 0 aliphatic heterocycles. The monoisotopic (exact) mass is 287 g/mol. The van der Waals surface area contributed by atoms with E-state index in [0.29, 0.717) is 17.1 Å². The lowest BCUT2D eigenvalue weighted by Crippen LogP contribution is -2.07. The Morgan fingerprint density at radius 1 is 1.33 bits per heavy atom. The second-order valence-corrected chi connectivity index (χ2v) is 5.47. The van der Waals surface area contributed by atoms with Gasteiger partial charge in [0, 0.05) is 11.6 Å². The van der Waals surface area contributed by atoms with Crippen LogP contribution in [-0.4, -0.2) is 23.2 Å². The molecule has 0 unspecified atom stereocenters. The van der Waals surface area contributed by atoms with Crippen LogP contribution in [-0.2, 0) is 0 Å². The van der Waals surface area contributed by atoms with Gasteiger partial charge in [0.2, 0.25) is 0 Å². The molecule has 0 aliphatic rings. The van der Waals surface area contributed by atoms with Gasteiger partial charge in [-0.3, -0.25) is 4.79 Å². The number of aromatic nitrogens is 2. The van der Waals surface area contributed by atoms with Crippen molar-refractivity contribution >= 4 is 12.1 Å². The number of aryl methyl sites for hydroxylation is 2. The molecule has 1 heterocycles. The lowest BCUT2D eigenvalue weighted by atomic mass is 10.0. The van der Waals surface area contributed by atoms with Crippen LogP contribution < -0.4 is 10.5 Å². The minimum absolute atomic E-state index is 0.0781. The molecule has 21 heavy (non-hydrogen) atoms. The smallest absolute Gasteiger partial charge is 0.156 e. The van der Waals surface area contributed by atoms with Crippen LogP contribution in [0.5, 0.6) is 5.75 Å². The number of methoxy groups -OCH3 is 1. The van der Waals surface area contributed by atoms with Crippen LogP contribution >= 0.6 is 0 Å². The number of aldehydes is 1. The summed E-state index contributed by atoms with van der Waals surface area (Å²) >= 11 is 0. The number of hydrogen-bond donors (Lipinski definition) is 1. The normalized spacial score (nSPS) is 11.0. The molecule has 1 aromatic heterocycles. The zero-order valence-electron chi connectivity index (χ0n) is 13.1. The molecular weight excluding hydrogens is 266 g/mol. The van der Waals surface area contributed by atoms with E-state index < -0.39 is 0 Å². The van der Waals surface area contributed by atoms with Crippen molar-refractivity contribution in [2.24, 2.45) is 0 Å². The average Bonchev–Trinajstić information content (AvgIpc) is 2.74. The van der Waals surface area contributed by atoms with E-state index >= 15 is 0 Å². The molecule has 0 bridgehead atoms. The van der Waals surface area contributed by atoms with Gasteiger partial charge in [-0.2, -0.15) is 5.10 Å². The molecule has 1 aromatic carbocycles. The van der Waals surface area contributed by atoms with Gasteiger partial charge in [0.25, 0.3) is 0 Å². The third kappa shape index (κ3) is 2.51. The van der Waals surface area contributed by atoms with E-state index in [1.165, 1.54) is 0 Å². The Labute approximate surface area is 124 Å². The van der Waals surface area contributed by atoms with E-state index in [1.54, 1.807) is 11.8 Å². The number of carbonyl (C=O) groups is 1. The molecule has 0 fully saturated rings. The summed E-state index contributed by atoms with van der Waals surface area (Å²) in [6.45, 7) is 7.92.